The van der Waals surface area contributed by atoms with Gasteiger partial charge in [0.1, 0.15) is 18.4 Å². The minimum atomic E-state index is -0.602. The van der Waals surface area contributed by atoms with E-state index in [1.165, 1.54) is 12.1 Å². The first-order chi connectivity index (χ1) is 10.8. The van der Waals surface area contributed by atoms with Gasteiger partial charge in [-0.05, 0) is 30.5 Å². The molecule has 2 N–H and O–H groups in total. The van der Waals surface area contributed by atoms with Crippen LogP contribution in [0.15, 0.2) is 18.2 Å². The first-order valence-corrected chi connectivity index (χ1v) is 7.52. The number of benzene rings is 1. The lowest BCUT2D eigenvalue weighted by Gasteiger charge is -2.14. The summed E-state index contributed by atoms with van der Waals surface area (Å²) in [6, 6.07) is 2.52. The molecule has 1 fully saturated rings. The fourth-order valence-corrected chi connectivity index (χ4v) is 2.46. The van der Waals surface area contributed by atoms with E-state index in [1.807, 2.05) is 13.8 Å². The Labute approximate surface area is 138 Å². The number of imide groups is 1. The summed E-state index contributed by atoms with van der Waals surface area (Å²) in [6.07, 6.45) is 0.510. The molecule has 0 aliphatic carbocycles. The Hall–Kier alpha value is -2.15. The van der Waals surface area contributed by atoms with Crippen LogP contribution in [0.3, 0.4) is 0 Å². The average Bonchev–Trinajstić information content (AvgIpc) is 2.70. The summed E-state index contributed by atoms with van der Waals surface area (Å²) in [4.78, 5) is 36.8. The van der Waals surface area contributed by atoms with E-state index in [0.29, 0.717) is 6.42 Å². The van der Waals surface area contributed by atoms with Gasteiger partial charge in [-0.2, -0.15) is 0 Å². The van der Waals surface area contributed by atoms with Crippen LogP contribution in [0.25, 0.3) is 0 Å². The van der Waals surface area contributed by atoms with Crippen LogP contribution in [-0.2, 0) is 9.59 Å². The third-order valence-corrected chi connectivity index (χ3v) is 3.61. The highest BCUT2D eigenvalue weighted by Crippen LogP contribution is 2.19. The Morgan fingerprint density at radius 1 is 1.43 bits per heavy atom. The summed E-state index contributed by atoms with van der Waals surface area (Å²) >= 11 is 5.63. The van der Waals surface area contributed by atoms with Gasteiger partial charge in [-0.25, -0.2) is 9.18 Å². The van der Waals surface area contributed by atoms with Gasteiger partial charge in [-0.15, -0.1) is 0 Å². The quantitative estimate of drug-likeness (QED) is 0.807. The molecule has 0 unspecified atom stereocenters. The van der Waals surface area contributed by atoms with Crippen molar-refractivity contribution in [2.45, 2.75) is 26.3 Å². The first kappa shape index (κ1) is 17.2. The number of rotatable bonds is 5. The molecule has 1 aromatic carbocycles. The zero-order valence-electron chi connectivity index (χ0n) is 12.7. The van der Waals surface area contributed by atoms with Gasteiger partial charge >= 0.3 is 6.03 Å². The lowest BCUT2D eigenvalue weighted by molar-refractivity contribution is -0.131. The van der Waals surface area contributed by atoms with Crippen molar-refractivity contribution in [2.24, 2.45) is 5.92 Å². The second-order valence-electron chi connectivity index (χ2n) is 5.73. The highest BCUT2D eigenvalue weighted by atomic mass is 35.5. The van der Waals surface area contributed by atoms with Gasteiger partial charge in [-0.1, -0.05) is 25.4 Å². The van der Waals surface area contributed by atoms with E-state index in [0.717, 1.165) is 11.0 Å². The third kappa shape index (κ3) is 4.19. The number of hydrogen-bond donors (Lipinski definition) is 2. The number of amides is 4. The maximum Gasteiger partial charge on any atom is 0.325 e. The number of urea groups is 1. The van der Waals surface area contributed by atoms with Gasteiger partial charge in [0.15, 0.2) is 0 Å². The average molecular weight is 342 g/mol. The minimum Gasteiger partial charge on any atom is -0.326 e. The molecule has 1 heterocycles. The molecule has 4 amide bonds. The van der Waals surface area contributed by atoms with Crippen molar-refractivity contribution in [1.82, 2.24) is 10.2 Å². The fraction of sp³-hybridized carbons (Fsp3) is 0.400. The molecule has 1 aliphatic heterocycles. The predicted octanol–water partition coefficient (Wildman–Crippen LogP) is 2.38. The van der Waals surface area contributed by atoms with Crippen LogP contribution in [-0.4, -0.2) is 35.3 Å². The normalized spacial score (nSPS) is 17.6. The molecule has 23 heavy (non-hydrogen) atoms. The zero-order valence-corrected chi connectivity index (χ0v) is 13.5. The van der Waals surface area contributed by atoms with E-state index < -0.39 is 36.2 Å². The van der Waals surface area contributed by atoms with E-state index in [4.69, 9.17) is 11.6 Å². The van der Waals surface area contributed by atoms with Gasteiger partial charge in [0, 0.05) is 5.69 Å². The van der Waals surface area contributed by atoms with Crippen LogP contribution in [0.4, 0.5) is 14.9 Å². The number of anilines is 1. The van der Waals surface area contributed by atoms with E-state index in [1.54, 1.807) is 0 Å². The SMILES string of the molecule is CC(C)C[C@@H]1NC(=O)N(CC(=O)Nc2ccc(F)c(Cl)c2)C1=O. The van der Waals surface area contributed by atoms with E-state index >= 15 is 0 Å². The molecule has 6 nitrogen and oxygen atoms in total. The topological polar surface area (TPSA) is 78.5 Å². The van der Waals surface area contributed by atoms with Crippen molar-refractivity contribution < 1.29 is 18.8 Å². The first-order valence-electron chi connectivity index (χ1n) is 7.14. The van der Waals surface area contributed by atoms with Crippen molar-refractivity contribution in [2.75, 3.05) is 11.9 Å². The molecule has 1 atom stereocenters. The molecular weight excluding hydrogens is 325 g/mol. The Morgan fingerprint density at radius 3 is 2.74 bits per heavy atom. The zero-order chi connectivity index (χ0) is 17.1. The van der Waals surface area contributed by atoms with Gasteiger partial charge in [0.05, 0.1) is 5.02 Å². The predicted molar refractivity (Wildman–Crippen MR) is 83.5 cm³/mol. The minimum absolute atomic E-state index is 0.130. The summed E-state index contributed by atoms with van der Waals surface area (Å²) < 4.78 is 13.1. The number of halogens is 2. The summed E-state index contributed by atoms with van der Waals surface area (Å²) in [6.45, 7) is 3.47. The van der Waals surface area contributed by atoms with Crippen LogP contribution in [0.5, 0.6) is 0 Å². The number of hydrogen-bond acceptors (Lipinski definition) is 3. The second-order valence-corrected chi connectivity index (χ2v) is 6.14. The monoisotopic (exact) mass is 341 g/mol. The van der Waals surface area contributed by atoms with Crippen LogP contribution in [0.1, 0.15) is 20.3 Å². The van der Waals surface area contributed by atoms with Crippen LogP contribution < -0.4 is 10.6 Å². The molecule has 0 aromatic heterocycles. The van der Waals surface area contributed by atoms with Crippen molar-refractivity contribution in [3.05, 3.63) is 29.0 Å². The molecule has 0 bridgehead atoms. The lowest BCUT2D eigenvalue weighted by Crippen LogP contribution is -2.38. The van der Waals surface area contributed by atoms with Crippen LogP contribution >= 0.6 is 11.6 Å². The number of nitrogens with zero attached hydrogens (tertiary/aromatic N) is 1. The van der Waals surface area contributed by atoms with Crippen molar-refractivity contribution in [3.63, 3.8) is 0 Å². The van der Waals surface area contributed by atoms with Crippen LogP contribution in [0.2, 0.25) is 5.02 Å². The molecule has 2 rings (SSSR count). The van der Waals surface area contributed by atoms with Crippen molar-refractivity contribution in [3.8, 4) is 0 Å². The van der Waals surface area contributed by atoms with Crippen molar-refractivity contribution >= 4 is 35.1 Å². The van der Waals surface area contributed by atoms with Gasteiger partial charge < -0.3 is 10.6 Å². The summed E-state index contributed by atoms with van der Waals surface area (Å²) in [5.41, 5.74) is 0.284. The molecular formula is C15H17ClFN3O3. The highest BCUT2D eigenvalue weighted by Gasteiger charge is 2.38. The molecule has 8 heteroatoms. The molecule has 1 aromatic rings. The smallest absolute Gasteiger partial charge is 0.325 e. The Balaban J connectivity index is 1.98. The lowest BCUT2D eigenvalue weighted by atomic mass is 10.0. The van der Waals surface area contributed by atoms with Gasteiger partial charge in [0.2, 0.25) is 5.91 Å². The third-order valence-electron chi connectivity index (χ3n) is 3.32. The fourth-order valence-electron chi connectivity index (χ4n) is 2.28. The summed E-state index contributed by atoms with van der Waals surface area (Å²) in [5.74, 6) is -1.35. The van der Waals surface area contributed by atoms with Gasteiger partial charge in [-0.3, -0.25) is 14.5 Å². The van der Waals surface area contributed by atoms with Crippen LogP contribution in [0, 0.1) is 11.7 Å². The molecule has 1 aliphatic rings. The van der Waals surface area contributed by atoms with E-state index in [-0.39, 0.29) is 16.6 Å². The summed E-state index contributed by atoms with van der Waals surface area (Å²) in [7, 11) is 0. The van der Waals surface area contributed by atoms with E-state index in [2.05, 4.69) is 10.6 Å². The summed E-state index contributed by atoms with van der Waals surface area (Å²) in [5, 5.41) is 4.90. The molecule has 0 radical (unpaired) electrons. The highest BCUT2D eigenvalue weighted by molar-refractivity contribution is 6.31. The molecule has 0 saturated carbocycles. The Morgan fingerprint density at radius 2 is 2.13 bits per heavy atom. The second kappa shape index (κ2) is 6.95. The molecule has 124 valence electrons. The maximum atomic E-state index is 13.1. The molecule has 1 saturated heterocycles. The standard InChI is InChI=1S/C15H17ClFN3O3/c1-8(2)5-12-14(22)20(15(23)19-12)7-13(21)18-9-3-4-11(17)10(16)6-9/h3-4,6,8,12H,5,7H2,1-2H3,(H,18,21)(H,19,23)/t12-/m0/s1. The Bertz CT molecular complexity index is 651. The number of nitrogens with one attached hydrogen (secondary N) is 2. The number of carbonyl (C=O) groups is 3. The molecule has 0 spiro atoms. The van der Waals surface area contributed by atoms with Gasteiger partial charge in [0.25, 0.3) is 5.91 Å². The van der Waals surface area contributed by atoms with Crippen molar-refractivity contribution in [1.29, 1.82) is 0 Å². The largest absolute Gasteiger partial charge is 0.326 e. The maximum absolute atomic E-state index is 13.1. The van der Waals surface area contributed by atoms with E-state index in [9.17, 15) is 18.8 Å². The Kier molecular flexibility index (Phi) is 5.20. The number of carbonyl (C=O) groups excluding carboxylic acids is 3.